The number of hydrogen-bond donors (Lipinski definition) is 5. The Morgan fingerprint density at radius 2 is 1.73 bits per heavy atom. The largest absolute Gasteiger partial charge is 0.481 e. The molecule has 0 radical (unpaired) electrons. The molecule has 124 valence electrons. The number of carboxylic acids is 2. The summed E-state index contributed by atoms with van der Waals surface area (Å²) < 4.78 is 27.6. The van der Waals surface area contributed by atoms with Crippen LogP contribution in [0.4, 0.5) is 5.69 Å². The lowest BCUT2D eigenvalue weighted by molar-refractivity contribution is -0.140. The maximum Gasteiger partial charge on any atom is 0.323 e. The van der Waals surface area contributed by atoms with Gasteiger partial charge in [-0.2, -0.15) is 13.1 Å². The molecule has 0 amide bonds. The third kappa shape index (κ3) is 6.72. The minimum atomic E-state index is -4.21. The molecule has 0 aliphatic heterocycles. The zero-order valence-corrected chi connectivity index (χ0v) is 12.8. The molecule has 1 rings (SSSR count). The Labute approximate surface area is 133 Å². The highest BCUT2D eigenvalue weighted by atomic mass is 35.5. The first-order chi connectivity index (χ1) is 9.71. The summed E-state index contributed by atoms with van der Waals surface area (Å²) in [5.41, 5.74) is 5.63. The third-order valence-electron chi connectivity index (χ3n) is 2.41. The van der Waals surface area contributed by atoms with Crippen LogP contribution in [-0.4, -0.2) is 42.7 Å². The molecule has 0 saturated carbocycles. The van der Waals surface area contributed by atoms with Crippen LogP contribution in [0, 0.1) is 0 Å². The van der Waals surface area contributed by atoms with Crippen LogP contribution in [0.3, 0.4) is 0 Å². The van der Waals surface area contributed by atoms with Crippen LogP contribution in [0.25, 0.3) is 0 Å². The molecule has 22 heavy (non-hydrogen) atoms. The minimum Gasteiger partial charge on any atom is -0.481 e. The smallest absolute Gasteiger partial charge is 0.323 e. The predicted molar refractivity (Wildman–Crippen MR) is 81.0 cm³/mol. The van der Waals surface area contributed by atoms with E-state index in [-0.39, 0.29) is 18.1 Å². The lowest BCUT2D eigenvalue weighted by atomic mass is 10.1. The first kappa shape index (κ1) is 20.1. The Morgan fingerprint density at radius 3 is 2.18 bits per heavy atom. The van der Waals surface area contributed by atoms with Gasteiger partial charge in [0.05, 0.1) is 6.42 Å². The fourth-order valence-corrected chi connectivity index (χ4v) is 2.61. The molecule has 0 spiro atoms. The molecular formula is C11H16ClN3O6S. The molecular weight excluding hydrogens is 338 g/mol. The third-order valence-corrected chi connectivity index (χ3v) is 3.48. The normalized spacial score (nSPS) is 13.5. The van der Waals surface area contributed by atoms with Crippen LogP contribution in [-0.2, 0) is 19.8 Å². The van der Waals surface area contributed by atoms with Gasteiger partial charge in [-0.25, -0.2) is 0 Å². The Kier molecular flexibility index (Phi) is 7.81. The molecule has 11 heteroatoms. The summed E-state index contributed by atoms with van der Waals surface area (Å²) in [7, 11) is -4.21. The van der Waals surface area contributed by atoms with Crippen molar-refractivity contribution >= 4 is 40.2 Å². The number of nitrogens with one attached hydrogen (secondary N) is 2. The summed E-state index contributed by atoms with van der Waals surface area (Å²) in [4.78, 5) is 21.6. The molecule has 0 saturated heterocycles. The van der Waals surface area contributed by atoms with Crippen LogP contribution in [0.1, 0.15) is 6.42 Å². The van der Waals surface area contributed by atoms with E-state index < -0.39 is 40.7 Å². The molecule has 1 aromatic carbocycles. The van der Waals surface area contributed by atoms with Gasteiger partial charge in [-0.3, -0.25) is 14.3 Å². The molecule has 2 atom stereocenters. The van der Waals surface area contributed by atoms with Crippen molar-refractivity contribution in [2.75, 3.05) is 4.72 Å². The zero-order chi connectivity index (χ0) is 16.0. The summed E-state index contributed by atoms with van der Waals surface area (Å²) in [5, 5.41) is 17.5. The van der Waals surface area contributed by atoms with Gasteiger partial charge in [-0.1, -0.05) is 18.2 Å². The van der Waals surface area contributed by atoms with Gasteiger partial charge in [0.2, 0.25) is 0 Å². The molecule has 9 nitrogen and oxygen atoms in total. The Morgan fingerprint density at radius 1 is 1.18 bits per heavy atom. The number of benzene rings is 1. The Hall–Kier alpha value is -1.88. The van der Waals surface area contributed by atoms with Gasteiger partial charge >= 0.3 is 11.9 Å². The number of para-hydroxylation sites is 1. The highest BCUT2D eigenvalue weighted by Gasteiger charge is 2.31. The van der Waals surface area contributed by atoms with E-state index in [1.54, 1.807) is 18.2 Å². The molecule has 0 aliphatic rings. The number of halogens is 1. The number of carboxylic acid groups (broad SMARTS) is 2. The number of hydrogen-bond acceptors (Lipinski definition) is 5. The second-order valence-corrected chi connectivity index (χ2v) is 5.61. The van der Waals surface area contributed by atoms with Crippen molar-refractivity contribution in [1.29, 1.82) is 0 Å². The number of anilines is 1. The van der Waals surface area contributed by atoms with Crippen LogP contribution in [0.15, 0.2) is 30.3 Å². The SMILES string of the molecule is Cl.NC(CC(=O)O)[C@H](NS(=O)(=O)Nc1ccccc1)C(=O)O. The second-order valence-electron chi connectivity index (χ2n) is 4.17. The van der Waals surface area contributed by atoms with Crippen molar-refractivity contribution in [3.05, 3.63) is 30.3 Å². The topological polar surface area (TPSA) is 159 Å². The lowest BCUT2D eigenvalue weighted by Crippen LogP contribution is -2.54. The molecule has 6 N–H and O–H groups in total. The first-order valence-corrected chi connectivity index (χ1v) is 7.25. The van der Waals surface area contributed by atoms with E-state index in [2.05, 4.69) is 4.72 Å². The van der Waals surface area contributed by atoms with Gasteiger partial charge in [-0.05, 0) is 12.1 Å². The average molecular weight is 354 g/mol. The Bertz CT molecular complexity index is 610. The average Bonchev–Trinajstić information content (AvgIpc) is 2.35. The number of nitrogens with two attached hydrogens (primary N) is 1. The zero-order valence-electron chi connectivity index (χ0n) is 11.2. The number of rotatable bonds is 8. The summed E-state index contributed by atoms with van der Waals surface area (Å²) in [5.74, 6) is -2.90. The van der Waals surface area contributed by atoms with Crippen LogP contribution >= 0.6 is 12.4 Å². The maximum atomic E-state index is 11.8. The second kappa shape index (κ2) is 8.54. The van der Waals surface area contributed by atoms with Crippen molar-refractivity contribution in [1.82, 2.24) is 4.72 Å². The van der Waals surface area contributed by atoms with E-state index in [9.17, 15) is 18.0 Å². The fourth-order valence-electron chi connectivity index (χ4n) is 1.50. The number of carbonyl (C=O) groups is 2. The van der Waals surface area contributed by atoms with Gasteiger partial charge in [0.25, 0.3) is 10.2 Å². The lowest BCUT2D eigenvalue weighted by Gasteiger charge is -2.20. The summed E-state index contributed by atoms with van der Waals surface area (Å²) in [6, 6.07) is 4.60. The van der Waals surface area contributed by atoms with Gasteiger partial charge in [0.1, 0.15) is 6.04 Å². The van der Waals surface area contributed by atoms with Gasteiger partial charge < -0.3 is 15.9 Å². The summed E-state index contributed by atoms with van der Waals surface area (Å²) in [6.07, 6.45) is -0.690. The van der Waals surface area contributed by atoms with Gasteiger partial charge in [-0.15, -0.1) is 12.4 Å². The fraction of sp³-hybridized carbons (Fsp3) is 0.273. The molecule has 0 bridgehead atoms. The van der Waals surface area contributed by atoms with Crippen molar-refractivity contribution in [2.24, 2.45) is 5.73 Å². The van der Waals surface area contributed by atoms with Crippen LogP contribution in [0.2, 0.25) is 0 Å². The first-order valence-electron chi connectivity index (χ1n) is 5.76. The van der Waals surface area contributed by atoms with E-state index >= 15 is 0 Å². The van der Waals surface area contributed by atoms with Crippen LogP contribution < -0.4 is 15.2 Å². The highest BCUT2D eigenvalue weighted by molar-refractivity contribution is 7.90. The molecule has 0 aliphatic carbocycles. The Balaban J connectivity index is 0.00000441. The maximum absolute atomic E-state index is 11.8. The molecule has 0 fully saturated rings. The standard InChI is InChI=1S/C11H15N3O6S.ClH/c12-8(6-9(15)16)10(11(17)18)14-21(19,20)13-7-4-2-1-3-5-7;/h1-5,8,10,13-14H,6,12H2,(H,15,16)(H,17,18);1H/t8?,10-;/m0./s1. The summed E-state index contributed by atoms with van der Waals surface area (Å²) in [6.45, 7) is 0. The summed E-state index contributed by atoms with van der Waals surface area (Å²) >= 11 is 0. The van der Waals surface area contributed by atoms with E-state index in [1.165, 1.54) is 12.1 Å². The minimum absolute atomic E-state index is 0. The van der Waals surface area contributed by atoms with Gasteiger partial charge in [0.15, 0.2) is 0 Å². The quantitative estimate of drug-likeness (QED) is 0.425. The van der Waals surface area contributed by atoms with Crippen molar-refractivity contribution in [3.8, 4) is 0 Å². The molecule has 0 aromatic heterocycles. The predicted octanol–water partition coefficient (Wildman–Crippen LogP) is -0.390. The molecule has 1 unspecified atom stereocenters. The highest BCUT2D eigenvalue weighted by Crippen LogP contribution is 2.08. The van der Waals surface area contributed by atoms with Crippen LogP contribution in [0.5, 0.6) is 0 Å². The van der Waals surface area contributed by atoms with Gasteiger partial charge in [0, 0.05) is 11.7 Å². The number of aliphatic carboxylic acids is 2. The molecule has 0 heterocycles. The van der Waals surface area contributed by atoms with Crippen molar-refractivity contribution in [2.45, 2.75) is 18.5 Å². The van der Waals surface area contributed by atoms with Crippen molar-refractivity contribution in [3.63, 3.8) is 0 Å². The van der Waals surface area contributed by atoms with E-state index in [0.29, 0.717) is 0 Å². The molecule has 1 aromatic rings. The monoisotopic (exact) mass is 353 g/mol. The van der Waals surface area contributed by atoms with E-state index in [1.807, 2.05) is 4.72 Å². The van der Waals surface area contributed by atoms with Crippen molar-refractivity contribution < 1.29 is 28.2 Å². The van der Waals surface area contributed by atoms with E-state index in [0.717, 1.165) is 0 Å². The van der Waals surface area contributed by atoms with E-state index in [4.69, 9.17) is 15.9 Å².